The molecule has 1 aromatic heterocycles. The fraction of sp³-hybridized carbons (Fsp3) is 0.205. The molecule has 6 aromatic rings. The molecule has 10 heteroatoms. The van der Waals surface area contributed by atoms with E-state index in [0.717, 1.165) is 51.8 Å². The molecule has 7 rings (SSSR count). The summed E-state index contributed by atoms with van der Waals surface area (Å²) in [5, 5.41) is 13.7. The predicted octanol–water partition coefficient (Wildman–Crippen LogP) is 7.52. The smallest absolute Gasteiger partial charge is 0.358 e. The van der Waals surface area contributed by atoms with Crippen molar-refractivity contribution in [2.75, 3.05) is 14.2 Å². The molecule has 5 aromatic carbocycles. The van der Waals surface area contributed by atoms with Gasteiger partial charge in [0.05, 0.1) is 14.2 Å². The molecule has 2 heterocycles. The van der Waals surface area contributed by atoms with Gasteiger partial charge in [0.1, 0.15) is 5.54 Å². The second kappa shape index (κ2) is 15.6. The number of aliphatic imine (C=N–C) groups is 2. The first kappa shape index (κ1) is 35.8. The average Bonchev–Trinajstić information content (AvgIpc) is 3.88. The predicted molar refractivity (Wildman–Crippen MR) is 208 cm³/mol. The molecule has 0 saturated heterocycles. The number of carbonyl (C=O) groups excluding carboxylic acids is 2. The van der Waals surface area contributed by atoms with Gasteiger partial charge in [-0.25, -0.2) is 24.3 Å². The van der Waals surface area contributed by atoms with Gasteiger partial charge in [0, 0.05) is 12.0 Å². The van der Waals surface area contributed by atoms with E-state index in [4.69, 9.17) is 29.8 Å². The van der Waals surface area contributed by atoms with Crippen LogP contribution in [0.25, 0.3) is 22.5 Å². The van der Waals surface area contributed by atoms with Crippen LogP contribution < -0.4 is 0 Å². The second-order valence-electron chi connectivity index (χ2n) is 13.1. The van der Waals surface area contributed by atoms with Crippen LogP contribution in [0.4, 0.5) is 0 Å². The van der Waals surface area contributed by atoms with Crippen LogP contribution in [-0.2, 0) is 31.0 Å². The van der Waals surface area contributed by atoms with E-state index in [0.29, 0.717) is 18.7 Å². The maximum absolute atomic E-state index is 12.7. The molecule has 270 valence electrons. The van der Waals surface area contributed by atoms with Crippen molar-refractivity contribution in [3.05, 3.63) is 162 Å². The number of carbonyl (C=O) groups is 2. The van der Waals surface area contributed by atoms with Crippen LogP contribution in [0.5, 0.6) is 0 Å². The van der Waals surface area contributed by atoms with Crippen molar-refractivity contribution in [1.82, 2.24) is 20.2 Å². The van der Waals surface area contributed by atoms with E-state index < -0.39 is 23.1 Å². The Hall–Kier alpha value is -6.55. The number of hydrogen-bond donors (Lipinski definition) is 0. The number of unbranched alkanes of at least 4 members (excludes halogenated alkanes) is 1. The van der Waals surface area contributed by atoms with E-state index in [9.17, 15) is 9.59 Å². The summed E-state index contributed by atoms with van der Waals surface area (Å²) in [4.78, 5) is 34.8. The molecule has 1 aliphatic rings. The Bertz CT molecular complexity index is 2170. The number of nitrogens with zero attached hydrogens (tertiary/aromatic N) is 6. The number of ether oxygens (including phenoxy) is 2. The van der Waals surface area contributed by atoms with E-state index in [1.54, 1.807) is 0 Å². The molecule has 0 radical (unpaired) electrons. The normalized spacial score (nSPS) is 13.5. The highest BCUT2D eigenvalue weighted by Crippen LogP contribution is 2.43. The van der Waals surface area contributed by atoms with Gasteiger partial charge in [-0.1, -0.05) is 153 Å². The molecule has 0 bridgehead atoms. The van der Waals surface area contributed by atoms with Gasteiger partial charge in [-0.3, -0.25) is 0 Å². The van der Waals surface area contributed by atoms with Crippen molar-refractivity contribution in [3.8, 4) is 22.5 Å². The zero-order valence-electron chi connectivity index (χ0n) is 30.4. The molecule has 0 aliphatic carbocycles. The summed E-state index contributed by atoms with van der Waals surface area (Å²) in [6.45, 7) is 2.07. The van der Waals surface area contributed by atoms with Crippen LogP contribution in [0.2, 0.25) is 0 Å². The van der Waals surface area contributed by atoms with Crippen molar-refractivity contribution < 1.29 is 19.1 Å². The zero-order valence-corrected chi connectivity index (χ0v) is 30.4. The molecule has 0 amide bonds. The summed E-state index contributed by atoms with van der Waals surface area (Å²) in [6.07, 6.45) is 2.61. The molecule has 54 heavy (non-hydrogen) atoms. The van der Waals surface area contributed by atoms with Crippen LogP contribution in [0, 0.1) is 0 Å². The Labute approximate surface area is 314 Å². The lowest BCUT2D eigenvalue weighted by Gasteiger charge is -2.36. The number of hydrogen-bond acceptors (Lipinski definition) is 9. The third-order valence-electron chi connectivity index (χ3n) is 9.83. The average molecular weight is 717 g/mol. The molecule has 0 unspecified atom stereocenters. The van der Waals surface area contributed by atoms with Gasteiger partial charge in [-0.05, 0) is 56.6 Å². The molecule has 0 spiro atoms. The first-order valence-corrected chi connectivity index (χ1v) is 17.9. The van der Waals surface area contributed by atoms with Crippen LogP contribution in [0.1, 0.15) is 48.4 Å². The van der Waals surface area contributed by atoms with Crippen LogP contribution in [-0.4, -0.2) is 63.5 Å². The molecule has 0 saturated carbocycles. The fourth-order valence-corrected chi connectivity index (χ4v) is 7.31. The third kappa shape index (κ3) is 6.62. The van der Waals surface area contributed by atoms with E-state index in [2.05, 4.69) is 66.7 Å². The Morgan fingerprint density at radius 2 is 1.13 bits per heavy atom. The Morgan fingerprint density at radius 1 is 0.648 bits per heavy atom. The van der Waals surface area contributed by atoms with E-state index >= 15 is 0 Å². The van der Waals surface area contributed by atoms with Gasteiger partial charge in [0.15, 0.2) is 22.9 Å². The standard InChI is InChI=1S/C44H40N6O4/c1-4-5-29-43(45-38(41(51)53-2)39(46-43)42(52)54-3)30-31-25-27-32(28-26-31)36-23-15-16-24-37(36)40-47-48-49-50(40)44(33-17-9-6-10-18-33,34-19-11-7-12-20-34)35-21-13-8-14-22-35/h6-28H,4-5,29-30H2,1-3H3. The summed E-state index contributed by atoms with van der Waals surface area (Å²) < 4.78 is 11.8. The monoisotopic (exact) mass is 716 g/mol. The van der Waals surface area contributed by atoms with Gasteiger partial charge < -0.3 is 9.47 Å². The van der Waals surface area contributed by atoms with Crippen molar-refractivity contribution in [2.45, 2.75) is 43.8 Å². The Kier molecular flexibility index (Phi) is 10.3. The van der Waals surface area contributed by atoms with Gasteiger partial charge in [-0.2, -0.15) is 0 Å². The Morgan fingerprint density at radius 3 is 1.61 bits per heavy atom. The van der Waals surface area contributed by atoms with Gasteiger partial charge >= 0.3 is 11.9 Å². The van der Waals surface area contributed by atoms with E-state index in [1.807, 2.05) is 89.6 Å². The number of aromatic nitrogens is 4. The quantitative estimate of drug-likeness (QED) is 0.0896. The van der Waals surface area contributed by atoms with Crippen molar-refractivity contribution >= 4 is 23.4 Å². The highest BCUT2D eigenvalue weighted by atomic mass is 16.5. The van der Waals surface area contributed by atoms with Gasteiger partial charge in [-0.15, -0.1) is 5.10 Å². The maximum Gasteiger partial charge on any atom is 0.358 e. The number of benzene rings is 5. The molecular weight excluding hydrogens is 677 g/mol. The molecule has 1 aliphatic heterocycles. The molecule has 0 fully saturated rings. The lowest BCUT2D eigenvalue weighted by Crippen LogP contribution is -2.39. The first-order valence-electron chi connectivity index (χ1n) is 17.9. The molecular formula is C44H40N6O4. The SMILES string of the molecule is CCCCC1(Cc2ccc(-c3ccccc3-c3nnnn3C(c3ccccc3)(c3ccccc3)c3ccccc3)cc2)N=C(C(=O)OC)C(C(=O)OC)=N1. The number of methoxy groups -OCH3 is 2. The van der Waals surface area contributed by atoms with E-state index in [1.165, 1.54) is 14.2 Å². The number of esters is 2. The first-order chi connectivity index (χ1) is 26.4. The van der Waals surface area contributed by atoms with Gasteiger partial charge in [0.2, 0.25) is 0 Å². The molecule has 10 nitrogen and oxygen atoms in total. The zero-order chi connectivity index (χ0) is 37.5. The lowest BCUT2D eigenvalue weighted by atomic mass is 9.77. The van der Waals surface area contributed by atoms with Crippen LogP contribution >= 0.6 is 0 Å². The highest BCUT2D eigenvalue weighted by molar-refractivity contribution is 6.80. The van der Waals surface area contributed by atoms with Crippen molar-refractivity contribution in [1.29, 1.82) is 0 Å². The second-order valence-corrected chi connectivity index (χ2v) is 13.1. The third-order valence-corrected chi connectivity index (χ3v) is 9.83. The topological polar surface area (TPSA) is 121 Å². The summed E-state index contributed by atoms with van der Waals surface area (Å²) >= 11 is 0. The fourth-order valence-electron chi connectivity index (χ4n) is 7.31. The lowest BCUT2D eigenvalue weighted by molar-refractivity contribution is -0.134. The summed E-state index contributed by atoms with van der Waals surface area (Å²) in [7, 11) is 2.51. The van der Waals surface area contributed by atoms with Crippen molar-refractivity contribution in [2.24, 2.45) is 9.98 Å². The van der Waals surface area contributed by atoms with Crippen molar-refractivity contribution in [3.63, 3.8) is 0 Å². The summed E-state index contributed by atoms with van der Waals surface area (Å²) in [5.74, 6) is -0.838. The number of rotatable bonds is 13. The maximum atomic E-state index is 12.7. The van der Waals surface area contributed by atoms with E-state index in [-0.39, 0.29) is 11.4 Å². The largest absolute Gasteiger partial charge is 0.464 e. The molecule has 0 N–H and O–H groups in total. The molecule has 0 atom stereocenters. The highest BCUT2D eigenvalue weighted by Gasteiger charge is 2.43. The minimum atomic E-state index is -1.04. The van der Waals surface area contributed by atoms with Crippen LogP contribution in [0.3, 0.4) is 0 Å². The summed E-state index contributed by atoms with van der Waals surface area (Å²) in [5.41, 5.74) is 4.58. The van der Waals surface area contributed by atoms with Crippen LogP contribution in [0.15, 0.2) is 150 Å². The summed E-state index contributed by atoms with van der Waals surface area (Å²) in [6, 6.07) is 47.2. The van der Waals surface area contributed by atoms with Gasteiger partial charge in [0.25, 0.3) is 0 Å². The minimum absolute atomic E-state index is 0.110. The Balaban J connectivity index is 1.32. The minimum Gasteiger partial charge on any atom is -0.464 e. The number of tetrazole rings is 1.